The van der Waals surface area contributed by atoms with E-state index in [2.05, 4.69) is 26.6 Å². The highest BCUT2D eigenvalue weighted by Crippen LogP contribution is 2.35. The monoisotopic (exact) mass is 673 g/mol. The predicted octanol–water partition coefficient (Wildman–Crippen LogP) is 7.16. The lowest BCUT2D eigenvalue weighted by Gasteiger charge is -2.30. The Bertz CT molecular complexity index is 1420. The molecule has 0 saturated heterocycles. The summed E-state index contributed by atoms with van der Waals surface area (Å²) < 4.78 is 96.8. The maximum Gasteiger partial charge on any atom is 0.407 e. The Morgan fingerprint density at radius 3 is 1.86 bits per heavy atom. The van der Waals surface area contributed by atoms with Crippen LogP contribution < -0.4 is 10.6 Å². The summed E-state index contributed by atoms with van der Waals surface area (Å²) in [6, 6.07) is 9.19. The molecule has 3 rings (SSSR count). The third kappa shape index (κ3) is 8.78. The number of aliphatic hydroxyl groups excluding tert-OH is 1. The molecule has 13 heteroatoms. The van der Waals surface area contributed by atoms with E-state index >= 15 is 0 Å². The summed E-state index contributed by atoms with van der Waals surface area (Å²) in [5.41, 5.74) is 0.284. The number of halogens is 8. The Morgan fingerprint density at radius 1 is 0.953 bits per heavy atom. The molecule has 0 aliphatic heterocycles. The summed E-state index contributed by atoms with van der Waals surface area (Å²) in [7, 11) is 0. The molecule has 0 aromatic heterocycles. The summed E-state index contributed by atoms with van der Waals surface area (Å²) in [6.45, 7) is 3.00. The third-order valence-electron chi connectivity index (χ3n) is 6.68. The number of nitriles is 1. The second-order valence-electron chi connectivity index (χ2n) is 10.1. The van der Waals surface area contributed by atoms with E-state index in [4.69, 9.17) is 0 Å². The highest BCUT2D eigenvalue weighted by molar-refractivity contribution is 9.10. The fraction of sp³-hybridized carbons (Fsp3) is 0.333. The molecule has 0 spiro atoms. The van der Waals surface area contributed by atoms with E-state index in [1.165, 1.54) is 62.4 Å². The molecular weight excluding hydrogens is 647 g/mol. The first-order valence-corrected chi connectivity index (χ1v) is 13.7. The number of carbonyl (C=O) groups excluding carboxylic acids is 1. The van der Waals surface area contributed by atoms with Gasteiger partial charge in [-0.1, -0.05) is 78.3 Å². The van der Waals surface area contributed by atoms with Crippen LogP contribution in [0.15, 0.2) is 65.1 Å². The number of hydrogen-bond acceptors (Lipinski definition) is 4. The summed E-state index contributed by atoms with van der Waals surface area (Å²) in [5.74, 6) is -3.56. The van der Waals surface area contributed by atoms with Crippen LogP contribution in [0.4, 0.5) is 30.7 Å². The van der Waals surface area contributed by atoms with Gasteiger partial charge >= 0.3 is 6.18 Å². The highest BCUT2D eigenvalue weighted by Gasteiger charge is 2.43. The Hall–Kier alpha value is -3.47. The van der Waals surface area contributed by atoms with Gasteiger partial charge in [-0.05, 0) is 40.3 Å². The van der Waals surface area contributed by atoms with Crippen molar-refractivity contribution in [2.45, 2.75) is 57.1 Å². The largest absolute Gasteiger partial charge is 0.407 e. The summed E-state index contributed by atoms with van der Waals surface area (Å²) in [5, 5.41) is 23.6. The van der Waals surface area contributed by atoms with Gasteiger partial charge in [0.15, 0.2) is 0 Å². The minimum absolute atomic E-state index is 0.0135. The van der Waals surface area contributed by atoms with E-state index in [9.17, 15) is 45.9 Å². The maximum atomic E-state index is 14.3. The zero-order valence-electron chi connectivity index (χ0n) is 22.8. The lowest BCUT2D eigenvalue weighted by Crippen LogP contribution is -2.53. The number of carbonyl (C=O) groups is 1. The first-order valence-electron chi connectivity index (χ1n) is 12.9. The quantitative estimate of drug-likeness (QED) is 0.189. The number of benzene rings is 3. The van der Waals surface area contributed by atoms with Crippen molar-refractivity contribution < 1.29 is 40.6 Å². The number of hydrogen-bond donors (Lipinski definition) is 3. The van der Waals surface area contributed by atoms with Crippen molar-refractivity contribution in [3.63, 3.8) is 0 Å². The number of alkyl halides is 5. The SMILES string of the molecule is CC(C)C(N[C@@H](c1ccc(-c2ccc([C@@H](O)C(F)F)cc2)cc1)C(F)(F)F)C(=O)N[C@H](C#N)Cc1c(F)cc(Br)cc1F. The van der Waals surface area contributed by atoms with E-state index in [-0.39, 0.29) is 15.6 Å². The van der Waals surface area contributed by atoms with Crippen molar-refractivity contribution in [2.75, 3.05) is 0 Å². The molecule has 0 radical (unpaired) electrons. The van der Waals surface area contributed by atoms with E-state index in [1.54, 1.807) is 6.07 Å². The fourth-order valence-corrected chi connectivity index (χ4v) is 4.78. The van der Waals surface area contributed by atoms with Crippen molar-refractivity contribution in [2.24, 2.45) is 5.92 Å². The van der Waals surface area contributed by atoms with Gasteiger partial charge in [-0.3, -0.25) is 10.1 Å². The molecule has 0 aliphatic carbocycles. The standard InChI is InChI=1S/C30H27BrF7N3O2/c1-15(2)25(29(43)40-21(14-39)13-22-23(32)11-20(31)12-24(22)33)41-27(30(36,37)38)19-9-5-17(6-10-19)16-3-7-18(8-4-16)26(42)28(34)35/h3-12,15,21,25-28,41-42H,13H2,1-2H3,(H,40,43)/t21-,25?,26+,27-/m0/s1. The van der Waals surface area contributed by atoms with Gasteiger partial charge in [-0.2, -0.15) is 18.4 Å². The zero-order chi connectivity index (χ0) is 32.1. The zero-order valence-corrected chi connectivity index (χ0v) is 24.4. The Balaban J connectivity index is 1.80. The first kappa shape index (κ1) is 34.0. The van der Waals surface area contributed by atoms with Gasteiger partial charge in [-0.25, -0.2) is 17.6 Å². The summed E-state index contributed by atoms with van der Waals surface area (Å²) in [4.78, 5) is 13.1. The number of nitrogens with one attached hydrogen (secondary N) is 2. The Labute approximate surface area is 251 Å². The normalized spacial score (nSPS) is 14.7. The van der Waals surface area contributed by atoms with Crippen molar-refractivity contribution in [3.8, 4) is 17.2 Å². The van der Waals surface area contributed by atoms with Gasteiger partial charge in [0.1, 0.15) is 29.8 Å². The van der Waals surface area contributed by atoms with E-state index in [1.807, 2.05) is 0 Å². The molecule has 4 atom stereocenters. The van der Waals surface area contributed by atoms with Gasteiger partial charge in [0.25, 0.3) is 6.43 Å². The van der Waals surface area contributed by atoms with Crippen LogP contribution in [-0.2, 0) is 11.2 Å². The molecule has 3 aromatic carbocycles. The minimum atomic E-state index is -4.85. The predicted molar refractivity (Wildman–Crippen MR) is 149 cm³/mol. The Kier molecular flexibility index (Phi) is 11.3. The Morgan fingerprint density at radius 2 is 1.44 bits per heavy atom. The molecule has 1 unspecified atom stereocenters. The van der Waals surface area contributed by atoms with E-state index in [0.29, 0.717) is 11.1 Å². The van der Waals surface area contributed by atoms with Gasteiger partial charge in [0, 0.05) is 16.5 Å². The van der Waals surface area contributed by atoms with Crippen LogP contribution in [-0.4, -0.2) is 35.7 Å². The number of amides is 1. The van der Waals surface area contributed by atoms with Crippen molar-refractivity contribution in [1.29, 1.82) is 5.26 Å². The molecular formula is C30H27BrF7N3O2. The second kappa shape index (κ2) is 14.3. The molecule has 0 aliphatic rings. The number of nitrogens with zero attached hydrogens (tertiary/aromatic N) is 1. The maximum absolute atomic E-state index is 14.3. The minimum Gasteiger partial charge on any atom is -0.382 e. The molecule has 230 valence electrons. The fourth-order valence-electron chi connectivity index (χ4n) is 4.38. The van der Waals surface area contributed by atoms with Crippen LogP contribution in [0.5, 0.6) is 0 Å². The summed E-state index contributed by atoms with van der Waals surface area (Å²) in [6.07, 6.45) is -10.3. The molecule has 0 fully saturated rings. The lowest BCUT2D eigenvalue weighted by atomic mass is 9.96. The van der Waals surface area contributed by atoms with Crippen LogP contribution in [0, 0.1) is 28.9 Å². The van der Waals surface area contributed by atoms with Crippen LogP contribution >= 0.6 is 15.9 Å². The van der Waals surface area contributed by atoms with Gasteiger partial charge in [0.05, 0.1) is 12.1 Å². The number of rotatable bonds is 11. The van der Waals surface area contributed by atoms with Crippen molar-refractivity contribution in [1.82, 2.24) is 10.6 Å². The average molecular weight is 674 g/mol. The van der Waals surface area contributed by atoms with Gasteiger partial charge in [0.2, 0.25) is 5.91 Å². The van der Waals surface area contributed by atoms with Crippen LogP contribution in [0.25, 0.3) is 11.1 Å². The highest BCUT2D eigenvalue weighted by atomic mass is 79.9. The van der Waals surface area contributed by atoms with Crippen molar-refractivity contribution >= 4 is 21.8 Å². The van der Waals surface area contributed by atoms with Crippen molar-refractivity contribution in [3.05, 3.63) is 93.5 Å². The van der Waals surface area contributed by atoms with Gasteiger partial charge < -0.3 is 10.4 Å². The molecule has 5 nitrogen and oxygen atoms in total. The molecule has 0 bridgehead atoms. The van der Waals surface area contributed by atoms with Gasteiger partial charge in [-0.15, -0.1) is 0 Å². The average Bonchev–Trinajstić information content (AvgIpc) is 2.93. The van der Waals surface area contributed by atoms with Crippen LogP contribution in [0.3, 0.4) is 0 Å². The summed E-state index contributed by atoms with van der Waals surface area (Å²) >= 11 is 2.94. The molecule has 3 aromatic rings. The molecule has 1 amide bonds. The van der Waals surface area contributed by atoms with Crippen LogP contribution in [0.1, 0.15) is 42.7 Å². The van der Waals surface area contributed by atoms with Crippen LogP contribution in [0.2, 0.25) is 0 Å². The topological polar surface area (TPSA) is 85.2 Å². The molecule has 0 saturated carbocycles. The molecule has 0 heterocycles. The van der Waals surface area contributed by atoms with E-state index in [0.717, 1.165) is 12.1 Å². The molecule has 43 heavy (non-hydrogen) atoms. The van der Waals surface area contributed by atoms with E-state index < -0.39 is 72.3 Å². The number of aliphatic hydroxyl groups is 1. The second-order valence-corrected chi connectivity index (χ2v) is 11.0. The smallest absolute Gasteiger partial charge is 0.382 e. The first-order chi connectivity index (χ1) is 20.1. The lowest BCUT2D eigenvalue weighted by molar-refractivity contribution is -0.161. The third-order valence-corrected chi connectivity index (χ3v) is 7.14. The molecule has 3 N–H and O–H groups in total.